The molecular formula is C10H10ClFO3. The van der Waals surface area contributed by atoms with Gasteiger partial charge in [0.05, 0.1) is 18.6 Å². The zero-order valence-electron chi connectivity index (χ0n) is 8.30. The van der Waals surface area contributed by atoms with Crippen molar-refractivity contribution in [3.63, 3.8) is 0 Å². The lowest BCUT2D eigenvalue weighted by Crippen LogP contribution is -2.06. The zero-order valence-corrected chi connectivity index (χ0v) is 9.06. The van der Waals surface area contributed by atoms with Gasteiger partial charge in [-0.3, -0.25) is 4.79 Å². The number of ether oxygens (including phenoxy) is 1. The Morgan fingerprint density at radius 1 is 1.67 bits per heavy atom. The fraction of sp³-hybridized carbons (Fsp3) is 0.300. The molecule has 1 aromatic carbocycles. The van der Waals surface area contributed by atoms with Gasteiger partial charge in [0.1, 0.15) is 11.6 Å². The van der Waals surface area contributed by atoms with Crippen LogP contribution in [0.25, 0.3) is 0 Å². The lowest BCUT2D eigenvalue weighted by Gasteiger charge is -2.12. The van der Waals surface area contributed by atoms with Crippen LogP contribution in [0.5, 0.6) is 5.75 Å². The Hall–Kier alpha value is -1.29. The van der Waals surface area contributed by atoms with Crippen molar-refractivity contribution >= 4 is 17.6 Å². The SMILES string of the molecule is COc1c(Cl)cc(F)c(C)c1CC(=O)O. The van der Waals surface area contributed by atoms with E-state index in [2.05, 4.69) is 0 Å². The van der Waals surface area contributed by atoms with Gasteiger partial charge in [-0.2, -0.15) is 0 Å². The molecule has 1 aromatic rings. The molecule has 0 saturated carbocycles. The Balaban J connectivity index is 3.36. The summed E-state index contributed by atoms with van der Waals surface area (Å²) < 4.78 is 18.2. The first-order valence-electron chi connectivity index (χ1n) is 4.20. The van der Waals surface area contributed by atoms with Crippen molar-refractivity contribution < 1.29 is 19.0 Å². The van der Waals surface area contributed by atoms with Crippen molar-refractivity contribution in [2.24, 2.45) is 0 Å². The van der Waals surface area contributed by atoms with Gasteiger partial charge in [-0.05, 0) is 18.6 Å². The minimum atomic E-state index is -1.06. The first-order valence-corrected chi connectivity index (χ1v) is 4.58. The van der Waals surface area contributed by atoms with E-state index in [1.807, 2.05) is 0 Å². The summed E-state index contributed by atoms with van der Waals surface area (Å²) in [5, 5.41) is 8.75. The van der Waals surface area contributed by atoms with Crippen molar-refractivity contribution in [2.75, 3.05) is 7.11 Å². The minimum Gasteiger partial charge on any atom is -0.495 e. The van der Waals surface area contributed by atoms with Crippen molar-refractivity contribution in [2.45, 2.75) is 13.3 Å². The summed E-state index contributed by atoms with van der Waals surface area (Å²) in [6, 6.07) is 1.11. The highest BCUT2D eigenvalue weighted by Crippen LogP contribution is 2.33. The third-order valence-corrected chi connectivity index (χ3v) is 2.37. The van der Waals surface area contributed by atoms with E-state index in [4.69, 9.17) is 21.4 Å². The van der Waals surface area contributed by atoms with Crippen molar-refractivity contribution in [3.05, 3.63) is 28.0 Å². The molecule has 0 fully saturated rings. The second-order valence-corrected chi connectivity index (χ2v) is 3.45. The van der Waals surface area contributed by atoms with Crippen molar-refractivity contribution in [1.29, 1.82) is 0 Å². The summed E-state index contributed by atoms with van der Waals surface area (Å²) in [6.45, 7) is 1.49. The highest BCUT2D eigenvalue weighted by atomic mass is 35.5. The summed E-state index contributed by atoms with van der Waals surface area (Å²) >= 11 is 5.73. The van der Waals surface area contributed by atoms with Crippen LogP contribution in [0.1, 0.15) is 11.1 Å². The molecule has 0 aliphatic carbocycles. The molecule has 0 bridgehead atoms. The minimum absolute atomic E-state index is 0.0804. The Labute approximate surface area is 91.4 Å². The lowest BCUT2D eigenvalue weighted by molar-refractivity contribution is -0.136. The van der Waals surface area contributed by atoms with Crippen LogP contribution in [0.3, 0.4) is 0 Å². The van der Waals surface area contributed by atoms with Gasteiger partial charge in [-0.15, -0.1) is 0 Å². The van der Waals surface area contributed by atoms with E-state index >= 15 is 0 Å². The third kappa shape index (κ3) is 2.39. The van der Waals surface area contributed by atoms with Gasteiger partial charge in [0.25, 0.3) is 0 Å². The lowest BCUT2D eigenvalue weighted by atomic mass is 10.0. The number of benzene rings is 1. The van der Waals surface area contributed by atoms with Crippen LogP contribution in [0, 0.1) is 12.7 Å². The number of carboxylic acid groups (broad SMARTS) is 1. The average molecular weight is 233 g/mol. The smallest absolute Gasteiger partial charge is 0.307 e. The van der Waals surface area contributed by atoms with Crippen LogP contribution < -0.4 is 4.74 Å². The normalized spacial score (nSPS) is 10.1. The summed E-state index contributed by atoms with van der Waals surface area (Å²) in [5.74, 6) is -1.37. The Bertz CT molecular complexity index is 404. The van der Waals surface area contributed by atoms with E-state index in [0.29, 0.717) is 0 Å². The number of halogens is 2. The molecule has 0 aliphatic heterocycles. The second-order valence-electron chi connectivity index (χ2n) is 3.05. The quantitative estimate of drug-likeness (QED) is 0.871. The summed E-state index contributed by atoms with van der Waals surface area (Å²) in [4.78, 5) is 10.6. The number of aliphatic carboxylic acids is 1. The molecule has 5 heteroatoms. The molecule has 0 saturated heterocycles. The fourth-order valence-corrected chi connectivity index (χ4v) is 1.62. The maximum Gasteiger partial charge on any atom is 0.307 e. The van der Waals surface area contributed by atoms with Crippen LogP contribution in [-0.4, -0.2) is 18.2 Å². The van der Waals surface area contributed by atoms with Gasteiger partial charge in [0.2, 0.25) is 0 Å². The zero-order chi connectivity index (χ0) is 11.6. The van der Waals surface area contributed by atoms with E-state index in [0.717, 1.165) is 6.07 Å². The van der Waals surface area contributed by atoms with Crippen molar-refractivity contribution in [3.8, 4) is 5.75 Å². The van der Waals surface area contributed by atoms with Crippen LogP contribution in [0.15, 0.2) is 6.07 Å². The molecule has 1 N–H and O–H groups in total. The fourth-order valence-electron chi connectivity index (χ4n) is 1.33. The molecule has 0 heterocycles. The Kier molecular flexibility index (Phi) is 3.52. The second kappa shape index (κ2) is 4.49. The van der Waals surface area contributed by atoms with Crippen molar-refractivity contribution in [1.82, 2.24) is 0 Å². The molecule has 0 aromatic heterocycles. The van der Waals surface area contributed by atoms with Crippen LogP contribution in [-0.2, 0) is 11.2 Å². The molecule has 1 rings (SSSR count). The highest BCUT2D eigenvalue weighted by molar-refractivity contribution is 6.32. The van der Waals surface area contributed by atoms with E-state index in [1.165, 1.54) is 14.0 Å². The first-order chi connectivity index (χ1) is 6.97. The monoisotopic (exact) mass is 232 g/mol. The molecule has 0 atom stereocenters. The Morgan fingerprint density at radius 2 is 2.27 bits per heavy atom. The predicted octanol–water partition coefficient (Wildman–Crippen LogP) is 2.42. The van der Waals surface area contributed by atoms with Gasteiger partial charge in [0, 0.05) is 5.56 Å². The molecule has 0 unspecified atom stereocenters. The largest absolute Gasteiger partial charge is 0.495 e. The average Bonchev–Trinajstić information content (AvgIpc) is 2.13. The number of hydrogen-bond donors (Lipinski definition) is 1. The van der Waals surface area contributed by atoms with Gasteiger partial charge >= 0.3 is 5.97 Å². The molecule has 0 aliphatic rings. The molecule has 3 nitrogen and oxygen atoms in total. The highest BCUT2D eigenvalue weighted by Gasteiger charge is 2.17. The van der Waals surface area contributed by atoms with E-state index in [9.17, 15) is 9.18 Å². The maximum absolute atomic E-state index is 13.3. The first kappa shape index (κ1) is 11.8. The van der Waals surface area contributed by atoms with Gasteiger partial charge in [-0.25, -0.2) is 4.39 Å². The van der Waals surface area contributed by atoms with Gasteiger partial charge < -0.3 is 9.84 Å². The molecule has 15 heavy (non-hydrogen) atoms. The number of hydrogen-bond acceptors (Lipinski definition) is 2. The number of methoxy groups -OCH3 is 1. The number of rotatable bonds is 3. The predicted molar refractivity (Wildman–Crippen MR) is 54.0 cm³/mol. The summed E-state index contributed by atoms with van der Waals surface area (Å²) in [5.41, 5.74) is 0.522. The van der Waals surface area contributed by atoms with E-state index in [-0.39, 0.29) is 28.3 Å². The van der Waals surface area contributed by atoms with Crippen LogP contribution >= 0.6 is 11.6 Å². The molecule has 0 amide bonds. The number of carboxylic acids is 1. The van der Waals surface area contributed by atoms with E-state index in [1.54, 1.807) is 0 Å². The Morgan fingerprint density at radius 3 is 2.73 bits per heavy atom. The van der Waals surface area contributed by atoms with Gasteiger partial charge in [-0.1, -0.05) is 11.6 Å². The molecular weight excluding hydrogens is 223 g/mol. The summed E-state index contributed by atoms with van der Waals surface area (Å²) in [7, 11) is 1.36. The van der Waals surface area contributed by atoms with Gasteiger partial charge in [0.15, 0.2) is 0 Å². The molecule has 0 spiro atoms. The molecule has 82 valence electrons. The van der Waals surface area contributed by atoms with E-state index < -0.39 is 11.8 Å². The third-order valence-electron chi connectivity index (χ3n) is 2.09. The summed E-state index contributed by atoms with van der Waals surface area (Å²) in [6.07, 6.45) is -0.313. The standard InChI is InChI=1S/C10H10ClFO3/c1-5-6(3-9(13)14)10(15-2)7(11)4-8(5)12/h4H,3H2,1-2H3,(H,13,14). The van der Waals surface area contributed by atoms with Crippen LogP contribution in [0.2, 0.25) is 5.02 Å². The number of carbonyl (C=O) groups is 1. The van der Waals surface area contributed by atoms with Crippen LogP contribution in [0.4, 0.5) is 4.39 Å². The topological polar surface area (TPSA) is 46.5 Å². The maximum atomic E-state index is 13.3. The molecule has 0 radical (unpaired) electrons.